The molecule has 132 valence electrons. The zero-order valence-electron chi connectivity index (χ0n) is 14.2. The molecular formula is C20H22FNO3. The monoisotopic (exact) mass is 343 g/mol. The Morgan fingerprint density at radius 1 is 1.28 bits per heavy atom. The Morgan fingerprint density at radius 3 is 2.76 bits per heavy atom. The van der Waals surface area contributed by atoms with E-state index in [0.29, 0.717) is 16.9 Å². The van der Waals surface area contributed by atoms with Crippen LogP contribution in [0.4, 0.5) is 10.1 Å². The Labute approximate surface area is 146 Å². The molecule has 1 atom stereocenters. The third-order valence-electron chi connectivity index (χ3n) is 4.62. The molecule has 0 unspecified atom stereocenters. The van der Waals surface area contributed by atoms with Crippen LogP contribution in [0.2, 0.25) is 0 Å². The van der Waals surface area contributed by atoms with E-state index in [0.717, 1.165) is 25.1 Å². The maximum Gasteiger partial charge on any atom is 0.305 e. The van der Waals surface area contributed by atoms with Gasteiger partial charge in [0.05, 0.1) is 6.42 Å². The van der Waals surface area contributed by atoms with Crippen LogP contribution in [-0.2, 0) is 11.4 Å². The Balaban J connectivity index is 1.64. The number of ether oxygens (including phenoxy) is 1. The van der Waals surface area contributed by atoms with E-state index in [4.69, 9.17) is 9.84 Å². The minimum absolute atomic E-state index is 0.0469. The number of halogens is 1. The zero-order chi connectivity index (χ0) is 17.8. The first kappa shape index (κ1) is 17.3. The van der Waals surface area contributed by atoms with Gasteiger partial charge in [-0.2, -0.15) is 0 Å². The van der Waals surface area contributed by atoms with Crippen LogP contribution in [0, 0.1) is 12.7 Å². The van der Waals surface area contributed by atoms with E-state index in [1.54, 1.807) is 19.1 Å². The number of carboxylic acids is 1. The number of nitrogens with zero attached hydrogens (tertiary/aromatic N) is 1. The maximum absolute atomic E-state index is 14.0. The van der Waals surface area contributed by atoms with Gasteiger partial charge in [-0.05, 0) is 49.6 Å². The highest BCUT2D eigenvalue weighted by atomic mass is 19.1. The number of rotatable bonds is 6. The Morgan fingerprint density at radius 2 is 2.04 bits per heavy atom. The highest BCUT2D eigenvalue weighted by molar-refractivity contribution is 5.69. The fourth-order valence-electron chi connectivity index (χ4n) is 3.30. The number of hydrogen-bond acceptors (Lipinski definition) is 3. The topological polar surface area (TPSA) is 49.8 Å². The van der Waals surface area contributed by atoms with Crippen molar-refractivity contribution in [3.05, 3.63) is 59.4 Å². The largest absolute Gasteiger partial charge is 0.489 e. The first-order valence-corrected chi connectivity index (χ1v) is 8.50. The van der Waals surface area contributed by atoms with Crippen molar-refractivity contribution in [1.82, 2.24) is 0 Å². The average molecular weight is 343 g/mol. The summed E-state index contributed by atoms with van der Waals surface area (Å²) in [5.41, 5.74) is 2.14. The molecular weight excluding hydrogens is 321 g/mol. The van der Waals surface area contributed by atoms with Gasteiger partial charge in [0, 0.05) is 23.8 Å². The van der Waals surface area contributed by atoms with E-state index in [1.165, 1.54) is 0 Å². The molecule has 2 aromatic carbocycles. The molecule has 1 saturated heterocycles. The Hall–Kier alpha value is -2.56. The molecule has 0 bridgehead atoms. The van der Waals surface area contributed by atoms with Gasteiger partial charge in [-0.15, -0.1) is 0 Å². The first-order chi connectivity index (χ1) is 12.0. The number of aryl methyl sites for hydroxylation is 1. The zero-order valence-corrected chi connectivity index (χ0v) is 14.2. The summed E-state index contributed by atoms with van der Waals surface area (Å²) >= 11 is 0. The van der Waals surface area contributed by atoms with Crippen LogP contribution < -0.4 is 9.64 Å². The summed E-state index contributed by atoms with van der Waals surface area (Å²) in [6.45, 7) is 2.78. The molecule has 1 heterocycles. The molecule has 1 aliphatic heterocycles. The van der Waals surface area contributed by atoms with Crippen molar-refractivity contribution in [3.63, 3.8) is 0 Å². The first-order valence-electron chi connectivity index (χ1n) is 8.50. The molecule has 5 heteroatoms. The van der Waals surface area contributed by atoms with E-state index in [9.17, 15) is 9.18 Å². The fourth-order valence-corrected chi connectivity index (χ4v) is 3.30. The molecule has 0 spiro atoms. The minimum Gasteiger partial charge on any atom is -0.489 e. The molecule has 3 rings (SSSR count). The molecule has 0 amide bonds. The molecule has 0 radical (unpaired) electrons. The lowest BCUT2D eigenvalue weighted by atomic mass is 10.1. The molecule has 1 fully saturated rings. The summed E-state index contributed by atoms with van der Waals surface area (Å²) in [4.78, 5) is 13.1. The van der Waals surface area contributed by atoms with Gasteiger partial charge in [0.2, 0.25) is 0 Å². The van der Waals surface area contributed by atoms with Gasteiger partial charge in [0.1, 0.15) is 18.2 Å². The number of aliphatic carboxylic acids is 1. The lowest BCUT2D eigenvalue weighted by molar-refractivity contribution is -0.137. The lowest BCUT2D eigenvalue weighted by Crippen LogP contribution is -2.31. The Kier molecular flexibility index (Phi) is 5.22. The van der Waals surface area contributed by atoms with Gasteiger partial charge < -0.3 is 14.7 Å². The van der Waals surface area contributed by atoms with E-state index in [-0.39, 0.29) is 24.9 Å². The number of carbonyl (C=O) groups is 1. The van der Waals surface area contributed by atoms with Crippen molar-refractivity contribution >= 4 is 11.7 Å². The fraction of sp³-hybridized carbons (Fsp3) is 0.350. The number of hydrogen-bond donors (Lipinski definition) is 1. The molecule has 0 aliphatic carbocycles. The van der Waals surface area contributed by atoms with Crippen molar-refractivity contribution in [3.8, 4) is 5.75 Å². The SMILES string of the molecule is Cc1cccc(COc2ccc(N3CCC[C@H]3CC(=O)O)cc2)c1F. The third kappa shape index (κ3) is 4.10. The average Bonchev–Trinajstić information content (AvgIpc) is 3.04. The van der Waals surface area contributed by atoms with Crippen molar-refractivity contribution < 1.29 is 19.0 Å². The highest BCUT2D eigenvalue weighted by Gasteiger charge is 2.26. The van der Waals surface area contributed by atoms with Crippen LogP contribution in [0.3, 0.4) is 0 Å². The Bertz CT molecular complexity index is 745. The molecule has 4 nitrogen and oxygen atoms in total. The second kappa shape index (κ2) is 7.55. The molecule has 0 saturated carbocycles. The van der Waals surface area contributed by atoms with Gasteiger partial charge in [-0.3, -0.25) is 4.79 Å². The van der Waals surface area contributed by atoms with Gasteiger partial charge in [-0.1, -0.05) is 18.2 Å². The van der Waals surface area contributed by atoms with Crippen LogP contribution in [-0.4, -0.2) is 23.7 Å². The molecule has 25 heavy (non-hydrogen) atoms. The van der Waals surface area contributed by atoms with Crippen molar-refractivity contribution in [2.45, 2.75) is 38.8 Å². The van der Waals surface area contributed by atoms with Gasteiger partial charge in [-0.25, -0.2) is 4.39 Å². The van der Waals surface area contributed by atoms with E-state index in [2.05, 4.69) is 4.90 Å². The van der Waals surface area contributed by atoms with E-state index in [1.807, 2.05) is 30.3 Å². The lowest BCUT2D eigenvalue weighted by Gasteiger charge is -2.25. The quantitative estimate of drug-likeness (QED) is 0.856. The predicted octanol–water partition coefficient (Wildman–Crippen LogP) is 4.16. The second-order valence-corrected chi connectivity index (χ2v) is 6.42. The van der Waals surface area contributed by atoms with Gasteiger partial charge >= 0.3 is 5.97 Å². The molecule has 1 aliphatic rings. The number of benzene rings is 2. The van der Waals surface area contributed by atoms with Crippen LogP contribution in [0.15, 0.2) is 42.5 Å². The van der Waals surface area contributed by atoms with Crippen LogP contribution in [0.25, 0.3) is 0 Å². The van der Waals surface area contributed by atoms with Crippen molar-refractivity contribution in [2.75, 3.05) is 11.4 Å². The summed E-state index contributed by atoms with van der Waals surface area (Å²) in [6.07, 6.45) is 2.06. The van der Waals surface area contributed by atoms with Crippen molar-refractivity contribution in [2.24, 2.45) is 0 Å². The van der Waals surface area contributed by atoms with Crippen molar-refractivity contribution in [1.29, 1.82) is 0 Å². The highest BCUT2D eigenvalue weighted by Crippen LogP contribution is 2.29. The standard InChI is InChI=1S/C20H22FNO3/c1-14-4-2-5-15(20(14)21)13-25-18-9-7-16(8-10-18)22-11-3-6-17(22)12-19(23)24/h2,4-5,7-10,17H,3,6,11-13H2,1H3,(H,23,24)/t17-/m0/s1. The second-order valence-electron chi connectivity index (χ2n) is 6.42. The number of carboxylic acid groups (broad SMARTS) is 1. The smallest absolute Gasteiger partial charge is 0.305 e. The van der Waals surface area contributed by atoms with Gasteiger partial charge in [0.25, 0.3) is 0 Å². The number of anilines is 1. The third-order valence-corrected chi connectivity index (χ3v) is 4.62. The normalized spacial score (nSPS) is 16.9. The minimum atomic E-state index is -0.767. The van der Waals surface area contributed by atoms with Crippen LogP contribution in [0.1, 0.15) is 30.4 Å². The summed E-state index contributed by atoms with van der Waals surface area (Å²) in [5, 5.41) is 9.03. The molecule has 0 aromatic heterocycles. The maximum atomic E-state index is 14.0. The van der Waals surface area contributed by atoms with Gasteiger partial charge in [0.15, 0.2) is 0 Å². The van der Waals surface area contributed by atoms with Crippen LogP contribution >= 0.6 is 0 Å². The summed E-state index contributed by atoms with van der Waals surface area (Å²) < 4.78 is 19.7. The molecule has 2 aromatic rings. The summed E-state index contributed by atoms with van der Waals surface area (Å²) in [7, 11) is 0. The van der Waals surface area contributed by atoms with E-state index >= 15 is 0 Å². The van der Waals surface area contributed by atoms with E-state index < -0.39 is 5.97 Å². The summed E-state index contributed by atoms with van der Waals surface area (Å²) in [5.74, 6) is -0.330. The summed E-state index contributed by atoms with van der Waals surface area (Å²) in [6, 6.07) is 12.9. The predicted molar refractivity (Wildman–Crippen MR) is 94.5 cm³/mol. The molecule has 1 N–H and O–H groups in total. The van der Waals surface area contributed by atoms with Crippen LogP contribution in [0.5, 0.6) is 5.75 Å².